The first-order chi connectivity index (χ1) is 7.75. The Morgan fingerprint density at radius 3 is 2.81 bits per heavy atom. The van der Waals surface area contributed by atoms with Crippen LogP contribution in [0.1, 0.15) is 10.4 Å². The molecule has 80 valence electrons. The molecular weight excluding hydrogens is 317 g/mol. The summed E-state index contributed by atoms with van der Waals surface area (Å²) in [4.78, 5) is 11.7. The average Bonchev–Trinajstić information content (AvgIpc) is 2.30. The van der Waals surface area contributed by atoms with Crippen LogP contribution in [0.5, 0.6) is 0 Å². The van der Waals surface area contributed by atoms with E-state index in [-0.39, 0.29) is 5.91 Å². The van der Waals surface area contributed by atoms with E-state index in [0.717, 1.165) is 9.26 Å². The van der Waals surface area contributed by atoms with Gasteiger partial charge in [-0.2, -0.15) is 10.2 Å². The highest BCUT2D eigenvalue weighted by Crippen LogP contribution is 2.13. The van der Waals surface area contributed by atoms with Crippen LogP contribution in [0.2, 0.25) is 0 Å². The summed E-state index contributed by atoms with van der Waals surface area (Å²) in [5, 5.41) is 10.1. The maximum atomic E-state index is 11.7. The number of nitrogens with zero attached hydrogens (tertiary/aromatic N) is 2. The van der Waals surface area contributed by atoms with E-state index in [4.69, 9.17) is 0 Å². The fourth-order valence-corrected chi connectivity index (χ4v) is 1.74. The Morgan fingerprint density at radius 1 is 1.25 bits per heavy atom. The summed E-state index contributed by atoms with van der Waals surface area (Å²) in [5.41, 5.74) is 1.27. The molecule has 0 aliphatic heterocycles. The SMILES string of the molecule is O=C(Nc1cccc(I)c1)c1ccnnc1. The number of anilines is 1. The fraction of sp³-hybridized carbons (Fsp3) is 0. The van der Waals surface area contributed by atoms with Gasteiger partial charge in [-0.15, -0.1) is 0 Å². The molecule has 5 heteroatoms. The van der Waals surface area contributed by atoms with Crippen LogP contribution in [0, 0.1) is 3.57 Å². The summed E-state index contributed by atoms with van der Waals surface area (Å²) in [5.74, 6) is -0.183. The number of hydrogen-bond acceptors (Lipinski definition) is 3. The third-order valence-electron chi connectivity index (χ3n) is 1.93. The Hall–Kier alpha value is -1.50. The Kier molecular flexibility index (Phi) is 3.45. The van der Waals surface area contributed by atoms with Crippen molar-refractivity contribution in [2.75, 3.05) is 5.32 Å². The topological polar surface area (TPSA) is 54.9 Å². The minimum atomic E-state index is -0.183. The number of halogens is 1. The van der Waals surface area contributed by atoms with Gasteiger partial charge in [-0.05, 0) is 46.9 Å². The summed E-state index contributed by atoms with van der Waals surface area (Å²) < 4.78 is 1.07. The van der Waals surface area contributed by atoms with E-state index in [1.165, 1.54) is 12.4 Å². The lowest BCUT2D eigenvalue weighted by molar-refractivity contribution is 0.102. The number of rotatable bonds is 2. The number of nitrogens with one attached hydrogen (secondary N) is 1. The Labute approximate surface area is 106 Å². The van der Waals surface area contributed by atoms with Crippen LogP contribution in [0.3, 0.4) is 0 Å². The van der Waals surface area contributed by atoms with Crippen molar-refractivity contribution in [2.45, 2.75) is 0 Å². The molecule has 0 saturated heterocycles. The van der Waals surface area contributed by atoms with Crippen molar-refractivity contribution >= 4 is 34.2 Å². The predicted octanol–water partition coefficient (Wildman–Crippen LogP) is 2.33. The molecule has 0 atom stereocenters. The van der Waals surface area contributed by atoms with Crippen LogP contribution >= 0.6 is 22.6 Å². The van der Waals surface area contributed by atoms with E-state index in [0.29, 0.717) is 5.56 Å². The van der Waals surface area contributed by atoms with Crippen molar-refractivity contribution in [3.05, 3.63) is 51.9 Å². The lowest BCUT2D eigenvalue weighted by Crippen LogP contribution is -2.12. The summed E-state index contributed by atoms with van der Waals surface area (Å²) in [6.07, 6.45) is 2.92. The van der Waals surface area contributed by atoms with Crippen molar-refractivity contribution in [1.82, 2.24) is 10.2 Å². The van der Waals surface area contributed by atoms with Gasteiger partial charge in [0.05, 0.1) is 18.0 Å². The molecule has 1 N–H and O–H groups in total. The van der Waals surface area contributed by atoms with Gasteiger partial charge in [-0.25, -0.2) is 0 Å². The zero-order chi connectivity index (χ0) is 11.4. The molecule has 0 saturated carbocycles. The van der Waals surface area contributed by atoms with Crippen molar-refractivity contribution in [2.24, 2.45) is 0 Å². The minimum Gasteiger partial charge on any atom is -0.322 e. The third-order valence-corrected chi connectivity index (χ3v) is 2.60. The highest BCUT2D eigenvalue weighted by atomic mass is 127. The predicted molar refractivity (Wildman–Crippen MR) is 69.1 cm³/mol. The molecule has 1 aromatic carbocycles. The fourth-order valence-electron chi connectivity index (χ4n) is 1.19. The largest absolute Gasteiger partial charge is 0.322 e. The maximum absolute atomic E-state index is 11.7. The van der Waals surface area contributed by atoms with E-state index in [1.807, 2.05) is 24.3 Å². The molecule has 0 bridgehead atoms. The second-order valence-corrected chi connectivity index (χ2v) is 4.34. The zero-order valence-corrected chi connectivity index (χ0v) is 10.4. The van der Waals surface area contributed by atoms with Gasteiger partial charge in [0.25, 0.3) is 5.91 Å². The van der Waals surface area contributed by atoms with E-state index in [9.17, 15) is 4.79 Å². The van der Waals surface area contributed by atoms with Crippen LogP contribution in [0.25, 0.3) is 0 Å². The first-order valence-electron chi connectivity index (χ1n) is 4.59. The van der Waals surface area contributed by atoms with Crippen LogP contribution < -0.4 is 5.32 Å². The van der Waals surface area contributed by atoms with E-state index in [2.05, 4.69) is 38.1 Å². The van der Waals surface area contributed by atoms with Gasteiger partial charge < -0.3 is 5.32 Å². The highest BCUT2D eigenvalue weighted by Gasteiger charge is 2.05. The molecule has 1 amide bonds. The number of hydrogen-bond donors (Lipinski definition) is 1. The molecule has 1 heterocycles. The molecule has 0 unspecified atom stereocenters. The van der Waals surface area contributed by atoms with Crippen LogP contribution in [-0.4, -0.2) is 16.1 Å². The second-order valence-electron chi connectivity index (χ2n) is 3.10. The molecular formula is C11H8IN3O. The van der Waals surface area contributed by atoms with E-state index >= 15 is 0 Å². The second kappa shape index (κ2) is 5.02. The van der Waals surface area contributed by atoms with Crippen molar-refractivity contribution < 1.29 is 4.79 Å². The number of benzene rings is 1. The quantitative estimate of drug-likeness (QED) is 0.863. The Balaban J connectivity index is 2.14. The normalized spacial score (nSPS) is 9.81. The van der Waals surface area contributed by atoms with E-state index in [1.54, 1.807) is 6.07 Å². The zero-order valence-electron chi connectivity index (χ0n) is 8.22. The van der Waals surface area contributed by atoms with Gasteiger partial charge in [-0.3, -0.25) is 4.79 Å². The van der Waals surface area contributed by atoms with Gasteiger partial charge >= 0.3 is 0 Å². The third kappa shape index (κ3) is 2.75. The first kappa shape index (κ1) is 11.0. The van der Waals surface area contributed by atoms with Crippen LogP contribution in [0.4, 0.5) is 5.69 Å². The summed E-state index contributed by atoms with van der Waals surface area (Å²) in [6, 6.07) is 9.21. The molecule has 0 fully saturated rings. The monoisotopic (exact) mass is 325 g/mol. The lowest BCUT2D eigenvalue weighted by Gasteiger charge is -2.04. The smallest absolute Gasteiger partial charge is 0.257 e. The summed E-state index contributed by atoms with van der Waals surface area (Å²) in [7, 11) is 0. The number of carbonyl (C=O) groups excluding carboxylic acids is 1. The molecule has 0 radical (unpaired) electrons. The first-order valence-corrected chi connectivity index (χ1v) is 5.67. The van der Waals surface area contributed by atoms with Gasteiger partial charge in [0.1, 0.15) is 0 Å². The van der Waals surface area contributed by atoms with Crippen LogP contribution in [-0.2, 0) is 0 Å². The van der Waals surface area contributed by atoms with Crippen LogP contribution in [0.15, 0.2) is 42.7 Å². The van der Waals surface area contributed by atoms with Gasteiger partial charge in [0.2, 0.25) is 0 Å². The molecule has 0 aliphatic carbocycles. The molecule has 2 rings (SSSR count). The molecule has 4 nitrogen and oxygen atoms in total. The minimum absolute atomic E-state index is 0.183. The van der Waals surface area contributed by atoms with Gasteiger partial charge in [0, 0.05) is 9.26 Å². The number of amides is 1. The lowest BCUT2D eigenvalue weighted by atomic mass is 10.2. The summed E-state index contributed by atoms with van der Waals surface area (Å²) in [6.45, 7) is 0. The molecule has 0 spiro atoms. The summed E-state index contributed by atoms with van der Waals surface area (Å²) >= 11 is 2.19. The molecule has 2 aromatic rings. The van der Waals surface area contributed by atoms with Crippen molar-refractivity contribution in [3.8, 4) is 0 Å². The highest BCUT2D eigenvalue weighted by molar-refractivity contribution is 14.1. The van der Waals surface area contributed by atoms with Crippen molar-refractivity contribution in [3.63, 3.8) is 0 Å². The van der Waals surface area contributed by atoms with Gasteiger partial charge in [-0.1, -0.05) is 6.07 Å². The maximum Gasteiger partial charge on any atom is 0.257 e. The van der Waals surface area contributed by atoms with Crippen molar-refractivity contribution in [1.29, 1.82) is 0 Å². The Bertz CT molecular complexity index is 502. The molecule has 16 heavy (non-hydrogen) atoms. The standard InChI is InChI=1S/C11H8IN3O/c12-9-2-1-3-10(6-9)15-11(16)8-4-5-13-14-7-8/h1-7H,(H,15,16). The number of carbonyl (C=O) groups is 1. The van der Waals surface area contributed by atoms with E-state index < -0.39 is 0 Å². The number of aromatic nitrogens is 2. The molecule has 0 aliphatic rings. The molecule has 1 aromatic heterocycles. The van der Waals surface area contributed by atoms with Gasteiger partial charge in [0.15, 0.2) is 0 Å². The Morgan fingerprint density at radius 2 is 2.12 bits per heavy atom. The average molecular weight is 325 g/mol.